The molecule has 0 fully saturated rings. The number of carbonyl (C=O) groups excluding carboxylic acids is 2. The number of carbonyl (C=O) groups is 2. The molecule has 7 heteroatoms. The van der Waals surface area contributed by atoms with Crippen LogP contribution in [0.1, 0.15) is 48.7 Å². The zero-order chi connectivity index (χ0) is 22.5. The van der Waals surface area contributed by atoms with Crippen molar-refractivity contribution in [3.63, 3.8) is 0 Å². The number of fused-ring (bicyclic) bond motifs is 1. The third-order valence-electron chi connectivity index (χ3n) is 5.94. The number of nitrogens with one attached hydrogen (secondary N) is 2. The van der Waals surface area contributed by atoms with Crippen LogP contribution >= 0.6 is 15.9 Å². The van der Waals surface area contributed by atoms with E-state index in [-0.39, 0.29) is 23.1 Å². The molecule has 1 aromatic heterocycles. The molecule has 1 aliphatic heterocycles. The summed E-state index contributed by atoms with van der Waals surface area (Å²) in [5.41, 5.74) is 3.55. The highest BCUT2D eigenvalue weighted by Gasteiger charge is 2.42. The van der Waals surface area contributed by atoms with Crippen molar-refractivity contribution in [1.29, 1.82) is 0 Å². The first-order valence-electron chi connectivity index (χ1n) is 10.5. The minimum Gasteiger partial charge on any atom is -0.343 e. The largest absolute Gasteiger partial charge is 0.343 e. The van der Waals surface area contributed by atoms with Crippen LogP contribution in [0.25, 0.3) is 0 Å². The van der Waals surface area contributed by atoms with Crippen LogP contribution in [0.3, 0.4) is 0 Å². The highest BCUT2D eigenvalue weighted by molar-refractivity contribution is 9.10. The summed E-state index contributed by atoms with van der Waals surface area (Å²) >= 11 is 3.55. The topological polar surface area (TPSA) is 76.0 Å². The molecule has 0 spiro atoms. The van der Waals surface area contributed by atoms with Crippen molar-refractivity contribution in [3.8, 4) is 0 Å². The summed E-state index contributed by atoms with van der Waals surface area (Å²) in [4.78, 5) is 26.4. The SMILES string of the molecule is CC1(C)CC(=O)C2=C(C1)Nc1c(C(=O)Nc3ccccc3)cnn1[C@@H]2c1cccc(Br)c1. The lowest BCUT2D eigenvalue weighted by Gasteiger charge is -2.39. The fraction of sp³-hybridized carbons (Fsp3) is 0.240. The molecule has 1 atom stereocenters. The van der Waals surface area contributed by atoms with E-state index in [4.69, 9.17) is 0 Å². The van der Waals surface area contributed by atoms with Gasteiger partial charge in [0.1, 0.15) is 17.4 Å². The number of Topliss-reactive ketones (excluding diaryl/α,β-unsaturated/α-hetero) is 1. The van der Waals surface area contributed by atoms with Gasteiger partial charge in [0.2, 0.25) is 0 Å². The van der Waals surface area contributed by atoms with Gasteiger partial charge in [-0.15, -0.1) is 0 Å². The Morgan fingerprint density at radius 2 is 1.94 bits per heavy atom. The van der Waals surface area contributed by atoms with Gasteiger partial charge >= 0.3 is 0 Å². The quantitative estimate of drug-likeness (QED) is 0.504. The molecule has 2 heterocycles. The third-order valence-corrected chi connectivity index (χ3v) is 6.44. The zero-order valence-electron chi connectivity index (χ0n) is 17.9. The summed E-state index contributed by atoms with van der Waals surface area (Å²) in [7, 11) is 0. The molecular formula is C25H23BrN4O2. The highest BCUT2D eigenvalue weighted by Crippen LogP contribution is 2.46. The Balaban J connectivity index is 1.61. The smallest absolute Gasteiger partial charge is 0.261 e. The number of aromatic nitrogens is 2. The summed E-state index contributed by atoms with van der Waals surface area (Å²) in [6.07, 6.45) is 2.78. The fourth-order valence-electron chi connectivity index (χ4n) is 4.58. The number of nitrogens with zero attached hydrogens (tertiary/aromatic N) is 2. The van der Waals surface area contributed by atoms with E-state index in [0.717, 1.165) is 27.7 Å². The summed E-state index contributed by atoms with van der Waals surface area (Å²) < 4.78 is 2.69. The van der Waals surface area contributed by atoms with Gasteiger partial charge in [-0.2, -0.15) is 5.10 Å². The van der Waals surface area contributed by atoms with Crippen molar-refractivity contribution in [2.24, 2.45) is 5.41 Å². The second-order valence-corrected chi connectivity index (χ2v) is 10.0. The second-order valence-electron chi connectivity index (χ2n) is 9.09. The van der Waals surface area contributed by atoms with Crippen molar-refractivity contribution in [1.82, 2.24) is 9.78 Å². The number of benzene rings is 2. The number of rotatable bonds is 3. The molecule has 2 N–H and O–H groups in total. The number of anilines is 2. The first-order valence-corrected chi connectivity index (χ1v) is 11.3. The molecule has 0 unspecified atom stereocenters. The molecule has 0 saturated carbocycles. The molecule has 3 aromatic rings. The van der Waals surface area contributed by atoms with E-state index < -0.39 is 0 Å². The molecule has 1 amide bonds. The summed E-state index contributed by atoms with van der Waals surface area (Å²) in [6, 6.07) is 16.8. The number of hydrogen-bond acceptors (Lipinski definition) is 4. The van der Waals surface area contributed by atoms with E-state index >= 15 is 0 Å². The van der Waals surface area contributed by atoms with Gasteiger partial charge < -0.3 is 10.6 Å². The van der Waals surface area contributed by atoms with Crippen molar-refractivity contribution < 1.29 is 9.59 Å². The van der Waals surface area contributed by atoms with E-state index in [1.807, 2.05) is 54.6 Å². The Morgan fingerprint density at radius 1 is 1.16 bits per heavy atom. The van der Waals surface area contributed by atoms with Gasteiger partial charge in [-0.1, -0.05) is 60.1 Å². The lowest BCUT2D eigenvalue weighted by atomic mass is 9.73. The molecule has 0 saturated heterocycles. The van der Waals surface area contributed by atoms with Gasteiger partial charge in [0.25, 0.3) is 5.91 Å². The maximum atomic E-state index is 13.3. The van der Waals surface area contributed by atoms with Gasteiger partial charge in [0, 0.05) is 27.9 Å². The molecular weight excluding hydrogens is 468 g/mol. The molecule has 0 radical (unpaired) electrons. The van der Waals surface area contributed by atoms with Gasteiger partial charge in [0.15, 0.2) is 5.78 Å². The number of ketones is 1. The Morgan fingerprint density at radius 3 is 2.69 bits per heavy atom. The van der Waals surface area contributed by atoms with Crippen LogP contribution in [-0.2, 0) is 4.79 Å². The second kappa shape index (κ2) is 7.74. The summed E-state index contributed by atoms with van der Waals surface area (Å²) in [5, 5.41) is 10.9. The molecule has 0 bridgehead atoms. The van der Waals surface area contributed by atoms with Crippen LogP contribution in [0, 0.1) is 5.41 Å². The maximum absolute atomic E-state index is 13.3. The molecule has 32 heavy (non-hydrogen) atoms. The molecule has 1 aliphatic carbocycles. The van der Waals surface area contributed by atoms with E-state index in [2.05, 4.69) is 45.5 Å². The van der Waals surface area contributed by atoms with Crippen LogP contribution in [0.5, 0.6) is 0 Å². The van der Waals surface area contributed by atoms with Gasteiger partial charge in [0.05, 0.1) is 6.20 Å². The number of halogens is 1. The van der Waals surface area contributed by atoms with Crippen molar-refractivity contribution in [2.45, 2.75) is 32.7 Å². The minimum absolute atomic E-state index is 0.116. The number of para-hydroxylation sites is 1. The molecule has 2 aromatic carbocycles. The first kappa shape index (κ1) is 20.7. The van der Waals surface area contributed by atoms with Gasteiger partial charge in [-0.05, 0) is 41.7 Å². The third kappa shape index (κ3) is 3.66. The predicted octanol–water partition coefficient (Wildman–Crippen LogP) is 5.56. The van der Waals surface area contributed by atoms with Crippen molar-refractivity contribution in [2.75, 3.05) is 10.6 Å². The van der Waals surface area contributed by atoms with Crippen LogP contribution in [0.4, 0.5) is 11.5 Å². The van der Waals surface area contributed by atoms with Crippen molar-refractivity contribution >= 4 is 39.1 Å². The average Bonchev–Trinajstić information content (AvgIpc) is 3.15. The minimum atomic E-state index is -0.388. The van der Waals surface area contributed by atoms with Crippen LogP contribution in [-0.4, -0.2) is 21.5 Å². The molecule has 5 rings (SSSR count). The monoisotopic (exact) mass is 490 g/mol. The number of allylic oxidation sites excluding steroid dienone is 2. The van der Waals surface area contributed by atoms with Crippen LogP contribution < -0.4 is 10.6 Å². The summed E-state index contributed by atoms with van der Waals surface area (Å²) in [6.45, 7) is 4.19. The zero-order valence-corrected chi connectivity index (χ0v) is 19.4. The van der Waals surface area contributed by atoms with Gasteiger partial charge in [-0.25, -0.2) is 4.68 Å². The predicted molar refractivity (Wildman–Crippen MR) is 128 cm³/mol. The fourth-order valence-corrected chi connectivity index (χ4v) is 5.00. The lowest BCUT2D eigenvalue weighted by molar-refractivity contribution is -0.118. The standard InChI is InChI=1S/C25H23BrN4O2/c1-25(2)12-19-21(20(31)13-25)22(15-7-6-8-16(26)11-15)30-23(29-19)18(14-27-30)24(32)28-17-9-4-3-5-10-17/h3-11,14,22,29H,12-13H2,1-2H3,(H,28,32)/t22-/m1/s1. The number of hydrogen-bond donors (Lipinski definition) is 2. The summed E-state index contributed by atoms with van der Waals surface area (Å²) in [5.74, 6) is 0.473. The lowest BCUT2D eigenvalue weighted by Crippen LogP contribution is -2.37. The van der Waals surface area contributed by atoms with Crippen LogP contribution in [0.2, 0.25) is 0 Å². The normalized spacial score (nSPS) is 19.1. The Kier molecular flexibility index (Phi) is 5.01. The Bertz CT molecular complexity index is 1260. The number of amides is 1. The van der Waals surface area contributed by atoms with Crippen molar-refractivity contribution in [3.05, 3.63) is 87.7 Å². The molecule has 6 nitrogen and oxygen atoms in total. The maximum Gasteiger partial charge on any atom is 0.261 e. The molecule has 2 aliphatic rings. The van der Waals surface area contributed by atoms with Gasteiger partial charge in [-0.3, -0.25) is 9.59 Å². The Hall–Kier alpha value is -3.19. The van der Waals surface area contributed by atoms with E-state index in [9.17, 15) is 9.59 Å². The Labute approximate surface area is 194 Å². The highest BCUT2D eigenvalue weighted by atomic mass is 79.9. The molecule has 162 valence electrons. The van der Waals surface area contributed by atoms with E-state index in [1.54, 1.807) is 10.9 Å². The van der Waals surface area contributed by atoms with E-state index in [1.165, 1.54) is 0 Å². The first-order chi connectivity index (χ1) is 15.3. The average molecular weight is 491 g/mol. The van der Waals surface area contributed by atoms with Crippen LogP contribution in [0.15, 0.2) is 76.5 Å². The van der Waals surface area contributed by atoms with E-state index in [0.29, 0.717) is 23.5 Å².